The lowest BCUT2D eigenvalue weighted by Gasteiger charge is -2.32. The predicted octanol–water partition coefficient (Wildman–Crippen LogP) is 3.75. The fourth-order valence-electron chi connectivity index (χ4n) is 3.89. The van der Waals surface area contributed by atoms with Crippen molar-refractivity contribution in [1.29, 1.82) is 0 Å². The molecule has 0 spiro atoms. The van der Waals surface area contributed by atoms with Gasteiger partial charge in [-0.05, 0) is 43.2 Å². The van der Waals surface area contributed by atoms with E-state index in [4.69, 9.17) is 0 Å². The van der Waals surface area contributed by atoms with Crippen LogP contribution in [0.5, 0.6) is 0 Å². The van der Waals surface area contributed by atoms with Crippen molar-refractivity contribution in [1.82, 2.24) is 10.2 Å². The highest BCUT2D eigenvalue weighted by Gasteiger charge is 2.33. The van der Waals surface area contributed by atoms with E-state index in [1.165, 1.54) is 49.2 Å². The first-order valence-corrected chi connectivity index (χ1v) is 13.0. The van der Waals surface area contributed by atoms with Gasteiger partial charge in [0.2, 0.25) is 11.8 Å². The predicted molar refractivity (Wildman–Crippen MR) is 137 cm³/mol. The second-order valence-electron chi connectivity index (χ2n) is 8.21. The van der Waals surface area contributed by atoms with Gasteiger partial charge in [-0.1, -0.05) is 61.5 Å². The summed E-state index contributed by atoms with van der Waals surface area (Å²) in [7, 11) is -2.70. The zero-order chi connectivity index (χ0) is 26.3. The van der Waals surface area contributed by atoms with Gasteiger partial charge in [0, 0.05) is 19.2 Å². The number of hydrogen-bond donors (Lipinski definition) is 1. The summed E-state index contributed by atoms with van der Waals surface area (Å²) in [5.74, 6) is -1.62. The highest BCUT2D eigenvalue weighted by molar-refractivity contribution is 7.92. The van der Waals surface area contributed by atoms with Crippen LogP contribution in [0.1, 0.15) is 25.0 Å². The summed E-state index contributed by atoms with van der Waals surface area (Å²) >= 11 is 0. The van der Waals surface area contributed by atoms with Crippen LogP contribution in [0.4, 0.5) is 10.1 Å². The minimum absolute atomic E-state index is 0.0312. The summed E-state index contributed by atoms with van der Waals surface area (Å²) in [6.07, 6.45) is 0.540. The highest BCUT2D eigenvalue weighted by atomic mass is 32.2. The van der Waals surface area contributed by atoms with Crippen LogP contribution in [0.3, 0.4) is 0 Å². The lowest BCUT2D eigenvalue weighted by molar-refractivity contribution is -0.139. The molecule has 0 aliphatic rings. The average molecular weight is 512 g/mol. The fourth-order valence-corrected chi connectivity index (χ4v) is 5.36. The Kier molecular flexibility index (Phi) is 8.82. The standard InChI is InChI=1S/C27H30FN3O4S/c1-4-21-12-9-11-17-25(21)31(36(34,35)23-14-6-5-7-15-23)19-26(32)30(20(2)27(33)29-3)18-22-13-8-10-16-24(22)28/h5-17,20H,4,18-19H2,1-3H3,(H,29,33)/t20-/m0/s1. The molecule has 0 unspecified atom stereocenters. The molecule has 0 heterocycles. The van der Waals surface area contributed by atoms with Crippen molar-refractivity contribution in [2.75, 3.05) is 17.9 Å². The van der Waals surface area contributed by atoms with Crippen LogP contribution < -0.4 is 9.62 Å². The van der Waals surface area contributed by atoms with Crippen LogP contribution in [0.25, 0.3) is 0 Å². The number of likely N-dealkylation sites (N-methyl/N-ethyl adjacent to an activating group) is 1. The van der Waals surface area contributed by atoms with Crippen LogP contribution in [-0.4, -0.2) is 44.8 Å². The number of para-hydroxylation sites is 1. The smallest absolute Gasteiger partial charge is 0.264 e. The Labute approximate surface area is 211 Å². The number of carbonyl (C=O) groups is 2. The third-order valence-electron chi connectivity index (χ3n) is 5.96. The molecule has 0 aliphatic heterocycles. The van der Waals surface area contributed by atoms with Crippen molar-refractivity contribution < 1.29 is 22.4 Å². The number of nitrogens with zero attached hydrogens (tertiary/aromatic N) is 2. The Morgan fingerprint density at radius 3 is 2.11 bits per heavy atom. The molecule has 0 saturated carbocycles. The number of carbonyl (C=O) groups excluding carboxylic acids is 2. The first-order valence-electron chi connectivity index (χ1n) is 11.6. The van der Waals surface area contributed by atoms with Crippen LogP contribution in [0.2, 0.25) is 0 Å². The molecule has 0 radical (unpaired) electrons. The minimum atomic E-state index is -4.14. The normalized spacial score (nSPS) is 12.0. The third kappa shape index (κ3) is 5.91. The van der Waals surface area contributed by atoms with Gasteiger partial charge in [-0.3, -0.25) is 13.9 Å². The van der Waals surface area contributed by atoms with E-state index in [1.807, 2.05) is 6.92 Å². The molecular weight excluding hydrogens is 481 g/mol. The van der Waals surface area contributed by atoms with Gasteiger partial charge in [-0.15, -0.1) is 0 Å². The number of anilines is 1. The Balaban J connectivity index is 2.07. The van der Waals surface area contributed by atoms with E-state index >= 15 is 0 Å². The summed E-state index contributed by atoms with van der Waals surface area (Å²) in [4.78, 5) is 27.4. The zero-order valence-electron chi connectivity index (χ0n) is 20.5. The van der Waals surface area contributed by atoms with Crippen LogP contribution in [0.15, 0.2) is 83.8 Å². The molecule has 2 amide bonds. The minimum Gasteiger partial charge on any atom is -0.357 e. The number of halogens is 1. The number of aryl methyl sites for hydroxylation is 1. The molecule has 9 heteroatoms. The first kappa shape index (κ1) is 26.9. The molecule has 3 rings (SSSR count). The van der Waals surface area contributed by atoms with Gasteiger partial charge >= 0.3 is 0 Å². The number of nitrogens with one attached hydrogen (secondary N) is 1. The Morgan fingerprint density at radius 2 is 1.50 bits per heavy atom. The van der Waals surface area contributed by atoms with Crippen molar-refractivity contribution in [2.24, 2.45) is 0 Å². The van der Waals surface area contributed by atoms with Crippen molar-refractivity contribution >= 4 is 27.5 Å². The number of benzene rings is 3. The SMILES string of the molecule is CCc1ccccc1N(CC(=O)N(Cc1ccccc1F)[C@@H](C)C(=O)NC)S(=O)(=O)c1ccccc1. The lowest BCUT2D eigenvalue weighted by Crippen LogP contribution is -2.51. The Bertz CT molecular complexity index is 1320. The largest absolute Gasteiger partial charge is 0.357 e. The molecule has 1 N–H and O–H groups in total. The van der Waals surface area contributed by atoms with Crippen LogP contribution >= 0.6 is 0 Å². The van der Waals surface area contributed by atoms with Gasteiger partial charge in [0.25, 0.3) is 10.0 Å². The molecule has 0 bridgehead atoms. The Hall–Kier alpha value is -3.72. The molecule has 3 aromatic carbocycles. The molecule has 0 saturated heterocycles. The maximum absolute atomic E-state index is 14.5. The van der Waals surface area contributed by atoms with Crippen molar-refractivity contribution in [3.8, 4) is 0 Å². The van der Waals surface area contributed by atoms with Gasteiger partial charge in [-0.2, -0.15) is 0 Å². The van der Waals surface area contributed by atoms with E-state index in [2.05, 4.69) is 5.32 Å². The maximum Gasteiger partial charge on any atom is 0.264 e. The monoisotopic (exact) mass is 511 g/mol. The zero-order valence-corrected chi connectivity index (χ0v) is 21.3. The molecule has 1 atom stereocenters. The molecule has 36 heavy (non-hydrogen) atoms. The maximum atomic E-state index is 14.5. The molecular formula is C27H30FN3O4S. The molecule has 0 aromatic heterocycles. The molecule has 190 valence electrons. The van der Waals surface area contributed by atoms with Crippen molar-refractivity contribution in [3.05, 3.63) is 95.8 Å². The number of sulfonamides is 1. The van der Waals surface area contributed by atoms with Gasteiger partial charge in [0.05, 0.1) is 10.6 Å². The average Bonchev–Trinajstić information content (AvgIpc) is 2.90. The summed E-state index contributed by atoms with van der Waals surface area (Å²) in [6, 6.07) is 19.8. The van der Waals surface area contributed by atoms with Gasteiger partial charge in [0.15, 0.2) is 0 Å². The topological polar surface area (TPSA) is 86.8 Å². The lowest BCUT2D eigenvalue weighted by atomic mass is 10.1. The second-order valence-corrected chi connectivity index (χ2v) is 10.1. The molecule has 7 nitrogen and oxygen atoms in total. The van der Waals surface area contributed by atoms with Gasteiger partial charge in [-0.25, -0.2) is 12.8 Å². The quantitative estimate of drug-likeness (QED) is 0.449. The van der Waals surface area contributed by atoms with E-state index < -0.39 is 40.2 Å². The van der Waals surface area contributed by atoms with E-state index in [0.717, 1.165) is 9.87 Å². The van der Waals surface area contributed by atoms with E-state index in [-0.39, 0.29) is 17.0 Å². The summed E-state index contributed by atoms with van der Waals surface area (Å²) in [5.41, 5.74) is 1.33. The number of rotatable bonds is 10. The van der Waals surface area contributed by atoms with E-state index in [0.29, 0.717) is 12.1 Å². The number of amides is 2. The van der Waals surface area contributed by atoms with Crippen molar-refractivity contribution in [3.63, 3.8) is 0 Å². The third-order valence-corrected chi connectivity index (χ3v) is 7.74. The van der Waals surface area contributed by atoms with Gasteiger partial charge < -0.3 is 10.2 Å². The molecule has 0 aliphatic carbocycles. The molecule has 0 fully saturated rings. The van der Waals surface area contributed by atoms with E-state index in [1.54, 1.807) is 48.5 Å². The van der Waals surface area contributed by atoms with Crippen LogP contribution in [-0.2, 0) is 32.6 Å². The molecule has 3 aromatic rings. The van der Waals surface area contributed by atoms with E-state index in [9.17, 15) is 22.4 Å². The van der Waals surface area contributed by atoms with Gasteiger partial charge in [0.1, 0.15) is 18.4 Å². The van der Waals surface area contributed by atoms with Crippen LogP contribution in [0, 0.1) is 5.82 Å². The summed E-state index contributed by atoms with van der Waals surface area (Å²) in [5, 5.41) is 2.50. The second kappa shape index (κ2) is 11.8. The van der Waals surface area contributed by atoms with Crippen molar-refractivity contribution in [2.45, 2.75) is 37.8 Å². The fraction of sp³-hybridized carbons (Fsp3) is 0.259. The number of hydrogen-bond acceptors (Lipinski definition) is 4. The summed E-state index contributed by atoms with van der Waals surface area (Å²) < 4.78 is 43.0. The Morgan fingerprint density at radius 1 is 0.917 bits per heavy atom. The first-order chi connectivity index (χ1) is 17.2. The highest BCUT2D eigenvalue weighted by Crippen LogP contribution is 2.28. The summed E-state index contributed by atoms with van der Waals surface area (Å²) in [6.45, 7) is 2.65.